The molecule has 2 rings (SSSR count). The van der Waals surface area contributed by atoms with Gasteiger partial charge in [-0.15, -0.1) is 0 Å². The Bertz CT molecular complexity index is 543. The van der Waals surface area contributed by atoms with E-state index in [-0.39, 0.29) is 11.5 Å². The van der Waals surface area contributed by atoms with E-state index < -0.39 is 5.91 Å². The van der Waals surface area contributed by atoms with Gasteiger partial charge in [0.25, 0.3) is 5.91 Å². The summed E-state index contributed by atoms with van der Waals surface area (Å²) in [5, 5.41) is 3.02. The molecule has 2 heterocycles. The average Bonchev–Trinajstić information content (AvgIpc) is 2.32. The Hall–Kier alpha value is -2.21. The summed E-state index contributed by atoms with van der Waals surface area (Å²) < 4.78 is 0. The van der Waals surface area contributed by atoms with Gasteiger partial charge in [0.05, 0.1) is 5.02 Å². The molecule has 0 saturated heterocycles. The summed E-state index contributed by atoms with van der Waals surface area (Å²) in [7, 11) is 0. The van der Waals surface area contributed by atoms with E-state index in [2.05, 4.69) is 20.3 Å². The molecule has 17 heavy (non-hydrogen) atoms. The zero-order chi connectivity index (χ0) is 12.3. The number of nitrogens with two attached hydrogens (primary N) is 1. The molecule has 2 aromatic rings. The number of rotatable bonds is 2. The van der Waals surface area contributed by atoms with Gasteiger partial charge in [-0.2, -0.15) is 0 Å². The smallest absolute Gasteiger partial charge is 0.279 e. The molecule has 0 atom stereocenters. The molecule has 0 fully saturated rings. The number of hydrogen-bond acceptors (Lipinski definition) is 5. The Balaban J connectivity index is 2.17. The quantitative estimate of drug-likeness (QED) is 0.838. The van der Waals surface area contributed by atoms with E-state index in [0.29, 0.717) is 10.8 Å². The maximum absolute atomic E-state index is 11.8. The molecule has 2 aromatic heterocycles. The van der Waals surface area contributed by atoms with Gasteiger partial charge in [-0.25, -0.2) is 15.0 Å². The van der Waals surface area contributed by atoms with Crippen LogP contribution in [0.4, 0.5) is 11.6 Å². The minimum atomic E-state index is -0.467. The first-order chi connectivity index (χ1) is 8.16. The van der Waals surface area contributed by atoms with Crippen LogP contribution in [0, 0.1) is 0 Å². The fraction of sp³-hybridized carbons (Fsp3) is 0. The van der Waals surface area contributed by atoms with Crippen molar-refractivity contribution in [3.63, 3.8) is 0 Å². The largest absolute Gasteiger partial charge is 0.382 e. The predicted molar refractivity (Wildman–Crippen MR) is 63.6 cm³/mol. The monoisotopic (exact) mass is 249 g/mol. The maximum atomic E-state index is 11.8. The Morgan fingerprint density at radius 3 is 2.65 bits per heavy atom. The van der Waals surface area contributed by atoms with Gasteiger partial charge in [-0.05, 0) is 12.1 Å². The number of carbonyl (C=O) groups is 1. The lowest BCUT2D eigenvalue weighted by atomic mass is 10.3. The third-order valence-electron chi connectivity index (χ3n) is 1.91. The average molecular weight is 250 g/mol. The highest BCUT2D eigenvalue weighted by atomic mass is 35.5. The van der Waals surface area contributed by atoms with Crippen LogP contribution in [0.5, 0.6) is 0 Å². The molecule has 0 unspecified atom stereocenters. The van der Waals surface area contributed by atoms with Crippen LogP contribution < -0.4 is 11.1 Å². The van der Waals surface area contributed by atoms with Gasteiger partial charge >= 0.3 is 0 Å². The van der Waals surface area contributed by atoms with Crippen molar-refractivity contribution in [2.45, 2.75) is 0 Å². The van der Waals surface area contributed by atoms with E-state index in [1.54, 1.807) is 12.1 Å². The SMILES string of the molecule is Nc1nccnc1C(=O)Nc1ccc(Cl)cn1. The van der Waals surface area contributed by atoms with Crippen LogP contribution in [-0.2, 0) is 0 Å². The Labute approximate surface area is 102 Å². The summed E-state index contributed by atoms with van der Waals surface area (Å²) in [6.07, 6.45) is 4.23. The van der Waals surface area contributed by atoms with Crippen molar-refractivity contribution in [1.82, 2.24) is 15.0 Å². The van der Waals surface area contributed by atoms with Gasteiger partial charge in [-0.1, -0.05) is 11.6 Å². The third kappa shape index (κ3) is 2.67. The normalized spacial score (nSPS) is 9.94. The van der Waals surface area contributed by atoms with Gasteiger partial charge in [0.2, 0.25) is 0 Å². The van der Waals surface area contributed by atoms with E-state index in [9.17, 15) is 4.79 Å². The molecule has 0 radical (unpaired) electrons. The van der Waals surface area contributed by atoms with E-state index in [0.717, 1.165) is 0 Å². The topological polar surface area (TPSA) is 93.8 Å². The number of anilines is 2. The van der Waals surface area contributed by atoms with Crippen molar-refractivity contribution in [3.8, 4) is 0 Å². The Kier molecular flexibility index (Phi) is 3.15. The zero-order valence-electron chi connectivity index (χ0n) is 8.59. The van der Waals surface area contributed by atoms with Gasteiger partial charge < -0.3 is 11.1 Å². The highest BCUT2D eigenvalue weighted by Crippen LogP contribution is 2.11. The van der Waals surface area contributed by atoms with Gasteiger partial charge in [-0.3, -0.25) is 4.79 Å². The molecular formula is C10H8ClN5O. The fourth-order valence-corrected chi connectivity index (χ4v) is 1.26. The lowest BCUT2D eigenvalue weighted by Gasteiger charge is -2.04. The Morgan fingerprint density at radius 1 is 1.24 bits per heavy atom. The van der Waals surface area contributed by atoms with Crippen LogP contribution in [-0.4, -0.2) is 20.9 Å². The fourth-order valence-electron chi connectivity index (χ4n) is 1.15. The summed E-state index contributed by atoms with van der Waals surface area (Å²) in [5.41, 5.74) is 5.58. The minimum absolute atomic E-state index is 0.0595. The maximum Gasteiger partial charge on any atom is 0.279 e. The first-order valence-electron chi connectivity index (χ1n) is 4.66. The van der Waals surface area contributed by atoms with E-state index in [1.165, 1.54) is 18.6 Å². The van der Waals surface area contributed by atoms with Crippen LogP contribution >= 0.6 is 11.6 Å². The van der Waals surface area contributed by atoms with Gasteiger partial charge in [0, 0.05) is 18.6 Å². The molecule has 3 N–H and O–H groups in total. The number of hydrogen-bond donors (Lipinski definition) is 2. The minimum Gasteiger partial charge on any atom is -0.382 e. The first kappa shape index (κ1) is 11.3. The molecule has 6 nitrogen and oxygen atoms in total. The number of pyridine rings is 1. The van der Waals surface area contributed by atoms with E-state index >= 15 is 0 Å². The lowest BCUT2D eigenvalue weighted by molar-refractivity contribution is 0.102. The molecule has 1 amide bonds. The summed E-state index contributed by atoms with van der Waals surface area (Å²) in [5.74, 6) is -0.0335. The highest BCUT2D eigenvalue weighted by Gasteiger charge is 2.12. The number of halogens is 1. The second-order valence-corrected chi connectivity index (χ2v) is 3.54. The molecule has 0 bridgehead atoms. The molecule has 0 aliphatic heterocycles. The third-order valence-corrected chi connectivity index (χ3v) is 2.13. The number of amides is 1. The number of nitrogens with zero attached hydrogens (tertiary/aromatic N) is 3. The molecular weight excluding hydrogens is 242 g/mol. The predicted octanol–water partition coefficient (Wildman–Crippen LogP) is 1.36. The van der Waals surface area contributed by atoms with Crippen LogP contribution in [0.2, 0.25) is 5.02 Å². The number of carbonyl (C=O) groups excluding carboxylic acids is 1. The Morgan fingerprint density at radius 2 is 2.00 bits per heavy atom. The summed E-state index contributed by atoms with van der Waals surface area (Å²) >= 11 is 5.67. The van der Waals surface area contributed by atoms with Gasteiger partial charge in [0.15, 0.2) is 11.5 Å². The van der Waals surface area contributed by atoms with E-state index in [1.807, 2.05) is 0 Å². The molecule has 0 aliphatic carbocycles. The summed E-state index contributed by atoms with van der Waals surface area (Å²) in [6, 6.07) is 3.19. The van der Waals surface area contributed by atoms with Crippen LogP contribution in [0.1, 0.15) is 10.5 Å². The molecule has 86 valence electrons. The van der Waals surface area contributed by atoms with Crippen molar-refractivity contribution < 1.29 is 4.79 Å². The number of aromatic nitrogens is 3. The van der Waals surface area contributed by atoms with E-state index in [4.69, 9.17) is 17.3 Å². The van der Waals surface area contributed by atoms with Crippen molar-refractivity contribution >= 4 is 29.1 Å². The summed E-state index contributed by atoms with van der Waals surface area (Å²) in [6.45, 7) is 0. The number of nitrogens with one attached hydrogen (secondary N) is 1. The highest BCUT2D eigenvalue weighted by molar-refractivity contribution is 6.30. The molecule has 0 saturated carbocycles. The van der Waals surface area contributed by atoms with Crippen molar-refractivity contribution in [1.29, 1.82) is 0 Å². The van der Waals surface area contributed by atoms with Crippen molar-refractivity contribution in [2.24, 2.45) is 0 Å². The van der Waals surface area contributed by atoms with Crippen molar-refractivity contribution in [3.05, 3.63) is 41.4 Å². The first-order valence-corrected chi connectivity index (χ1v) is 5.04. The second-order valence-electron chi connectivity index (χ2n) is 3.11. The van der Waals surface area contributed by atoms with Crippen LogP contribution in [0.15, 0.2) is 30.7 Å². The molecule has 0 aromatic carbocycles. The molecule has 0 aliphatic rings. The lowest BCUT2D eigenvalue weighted by Crippen LogP contribution is -2.17. The van der Waals surface area contributed by atoms with Crippen molar-refractivity contribution in [2.75, 3.05) is 11.1 Å². The standard InChI is InChI=1S/C10H8ClN5O/c11-6-1-2-7(15-5-6)16-10(17)8-9(12)14-4-3-13-8/h1-5H,(H2,12,14)(H,15,16,17). The van der Waals surface area contributed by atoms with Gasteiger partial charge in [0.1, 0.15) is 5.82 Å². The van der Waals surface area contributed by atoms with Crippen LogP contribution in [0.25, 0.3) is 0 Å². The molecule has 0 spiro atoms. The number of nitrogen functional groups attached to an aromatic ring is 1. The van der Waals surface area contributed by atoms with Crippen LogP contribution in [0.3, 0.4) is 0 Å². The summed E-state index contributed by atoms with van der Waals surface area (Å²) in [4.78, 5) is 23.3. The molecule has 7 heteroatoms. The second kappa shape index (κ2) is 4.75. The zero-order valence-corrected chi connectivity index (χ0v) is 9.35.